The molecule has 1 spiro atoms. The van der Waals surface area contributed by atoms with Crippen LogP contribution in [-0.4, -0.2) is 53.6 Å². The van der Waals surface area contributed by atoms with Crippen molar-refractivity contribution in [3.8, 4) is 5.88 Å². The van der Waals surface area contributed by atoms with Crippen molar-refractivity contribution in [3.05, 3.63) is 24.4 Å². The van der Waals surface area contributed by atoms with E-state index in [-0.39, 0.29) is 18.4 Å². The SMILES string of the molecule is O=C(N1CC[C@]2(C1)C(=O)NC[C@H]2COc1ccccn1)C1(F)CCC1. The minimum absolute atomic E-state index is 0.0565. The number of nitrogens with zero attached hydrogens (tertiary/aromatic N) is 2. The van der Waals surface area contributed by atoms with E-state index < -0.39 is 17.0 Å². The van der Waals surface area contributed by atoms with Crippen molar-refractivity contribution in [3.63, 3.8) is 0 Å². The van der Waals surface area contributed by atoms with Crippen molar-refractivity contribution in [2.24, 2.45) is 11.3 Å². The molecule has 3 heterocycles. The summed E-state index contributed by atoms with van der Waals surface area (Å²) in [5, 5.41) is 2.89. The van der Waals surface area contributed by atoms with E-state index in [1.165, 1.54) is 4.90 Å². The number of ether oxygens (including phenoxy) is 1. The average Bonchev–Trinajstić information content (AvgIpc) is 3.18. The molecule has 6 nitrogen and oxygen atoms in total. The lowest BCUT2D eigenvalue weighted by molar-refractivity contribution is -0.149. The largest absolute Gasteiger partial charge is 0.477 e. The lowest BCUT2D eigenvalue weighted by Crippen LogP contribution is -2.51. The number of carbonyl (C=O) groups excluding carboxylic acids is 2. The number of alkyl halides is 1. The van der Waals surface area contributed by atoms with Crippen LogP contribution >= 0.6 is 0 Å². The van der Waals surface area contributed by atoms with Gasteiger partial charge >= 0.3 is 0 Å². The molecule has 4 rings (SSSR count). The minimum Gasteiger partial charge on any atom is -0.477 e. The first-order valence-corrected chi connectivity index (χ1v) is 8.84. The maximum atomic E-state index is 14.5. The second-order valence-electron chi connectivity index (χ2n) is 7.34. The van der Waals surface area contributed by atoms with E-state index in [0.717, 1.165) is 6.42 Å². The zero-order valence-electron chi connectivity index (χ0n) is 14.0. The molecule has 2 saturated heterocycles. The van der Waals surface area contributed by atoms with Gasteiger partial charge in [0.15, 0.2) is 5.67 Å². The molecule has 1 aromatic rings. The first-order valence-electron chi connectivity index (χ1n) is 8.84. The Bertz CT molecular complexity index is 679. The van der Waals surface area contributed by atoms with Gasteiger partial charge in [-0.25, -0.2) is 9.37 Å². The molecular weight excluding hydrogens is 325 g/mol. The Hall–Kier alpha value is -2.18. The molecule has 1 aliphatic carbocycles. The number of carbonyl (C=O) groups is 2. The molecule has 0 unspecified atom stereocenters. The van der Waals surface area contributed by atoms with E-state index in [0.29, 0.717) is 44.8 Å². The molecule has 3 fully saturated rings. The van der Waals surface area contributed by atoms with Crippen molar-refractivity contribution >= 4 is 11.8 Å². The highest BCUT2D eigenvalue weighted by atomic mass is 19.1. The van der Waals surface area contributed by atoms with Gasteiger partial charge in [0.1, 0.15) is 0 Å². The zero-order valence-corrected chi connectivity index (χ0v) is 14.0. The van der Waals surface area contributed by atoms with Crippen molar-refractivity contribution in [2.75, 3.05) is 26.2 Å². The van der Waals surface area contributed by atoms with E-state index in [2.05, 4.69) is 10.3 Å². The lowest BCUT2D eigenvalue weighted by Gasteiger charge is -2.36. The van der Waals surface area contributed by atoms with Gasteiger partial charge in [0.05, 0.1) is 12.0 Å². The molecule has 2 aliphatic heterocycles. The van der Waals surface area contributed by atoms with Gasteiger partial charge in [-0.15, -0.1) is 0 Å². The summed E-state index contributed by atoms with van der Waals surface area (Å²) in [4.78, 5) is 30.6. The lowest BCUT2D eigenvalue weighted by atomic mass is 9.77. The van der Waals surface area contributed by atoms with Gasteiger partial charge in [-0.2, -0.15) is 0 Å². The van der Waals surface area contributed by atoms with Crippen LogP contribution in [0, 0.1) is 11.3 Å². The number of aromatic nitrogens is 1. The number of likely N-dealkylation sites (tertiary alicyclic amines) is 1. The smallest absolute Gasteiger partial charge is 0.260 e. The average molecular weight is 347 g/mol. The molecule has 2 amide bonds. The predicted octanol–water partition coefficient (Wildman–Crippen LogP) is 1.32. The Labute approximate surface area is 145 Å². The number of nitrogens with one attached hydrogen (secondary N) is 1. The molecule has 134 valence electrons. The molecule has 1 aromatic heterocycles. The number of pyridine rings is 1. The van der Waals surface area contributed by atoms with E-state index in [4.69, 9.17) is 4.74 Å². The van der Waals surface area contributed by atoms with Gasteiger partial charge in [0.25, 0.3) is 5.91 Å². The Morgan fingerprint density at radius 1 is 1.40 bits per heavy atom. The van der Waals surface area contributed by atoms with Gasteiger partial charge in [0.2, 0.25) is 11.8 Å². The van der Waals surface area contributed by atoms with Gasteiger partial charge in [-0.05, 0) is 31.7 Å². The highest BCUT2D eigenvalue weighted by Crippen LogP contribution is 2.45. The number of amides is 2. The fourth-order valence-electron chi connectivity index (χ4n) is 4.12. The molecule has 1 N–H and O–H groups in total. The third-order valence-electron chi connectivity index (χ3n) is 5.93. The summed E-state index contributed by atoms with van der Waals surface area (Å²) in [6.07, 6.45) is 3.55. The first kappa shape index (κ1) is 16.3. The summed E-state index contributed by atoms with van der Waals surface area (Å²) in [5.41, 5.74) is -2.38. The van der Waals surface area contributed by atoms with Crippen LogP contribution in [0.1, 0.15) is 25.7 Å². The number of hydrogen-bond donors (Lipinski definition) is 1. The van der Waals surface area contributed by atoms with Crippen molar-refractivity contribution in [2.45, 2.75) is 31.4 Å². The molecule has 0 aromatic carbocycles. The Kier molecular flexibility index (Phi) is 3.89. The summed E-state index contributed by atoms with van der Waals surface area (Å²) in [5.74, 6) is -0.0458. The molecule has 7 heteroatoms. The first-order chi connectivity index (χ1) is 12.0. The molecule has 2 atom stereocenters. The van der Waals surface area contributed by atoms with Crippen molar-refractivity contribution < 1.29 is 18.7 Å². The van der Waals surface area contributed by atoms with Crippen molar-refractivity contribution in [1.29, 1.82) is 0 Å². The second-order valence-corrected chi connectivity index (χ2v) is 7.34. The molecular formula is C18H22FN3O3. The molecule has 25 heavy (non-hydrogen) atoms. The second kappa shape index (κ2) is 5.97. The number of halogens is 1. The number of hydrogen-bond acceptors (Lipinski definition) is 4. The molecule has 1 saturated carbocycles. The zero-order chi connectivity index (χ0) is 17.5. The summed E-state index contributed by atoms with van der Waals surface area (Å²) in [6.45, 7) is 1.56. The van der Waals surface area contributed by atoms with Crippen LogP contribution in [0.15, 0.2) is 24.4 Å². The van der Waals surface area contributed by atoms with E-state index in [1.807, 2.05) is 12.1 Å². The third-order valence-corrected chi connectivity index (χ3v) is 5.93. The Morgan fingerprint density at radius 3 is 2.92 bits per heavy atom. The summed E-state index contributed by atoms with van der Waals surface area (Å²) in [6, 6.07) is 5.42. The monoisotopic (exact) mass is 347 g/mol. The van der Waals surface area contributed by atoms with Crippen LogP contribution in [0.25, 0.3) is 0 Å². The van der Waals surface area contributed by atoms with Gasteiger partial charge < -0.3 is 15.0 Å². The summed E-state index contributed by atoms with van der Waals surface area (Å²) in [7, 11) is 0. The van der Waals surface area contributed by atoms with Crippen LogP contribution < -0.4 is 10.1 Å². The molecule has 3 aliphatic rings. The Balaban J connectivity index is 1.45. The summed E-state index contributed by atoms with van der Waals surface area (Å²) < 4.78 is 20.2. The summed E-state index contributed by atoms with van der Waals surface area (Å²) >= 11 is 0. The normalized spacial score (nSPS) is 30.2. The predicted molar refractivity (Wildman–Crippen MR) is 87.6 cm³/mol. The van der Waals surface area contributed by atoms with Gasteiger partial charge in [-0.1, -0.05) is 6.07 Å². The van der Waals surface area contributed by atoms with E-state index in [1.54, 1.807) is 12.3 Å². The van der Waals surface area contributed by atoms with Crippen molar-refractivity contribution in [1.82, 2.24) is 15.2 Å². The van der Waals surface area contributed by atoms with Crippen LogP contribution in [-0.2, 0) is 9.59 Å². The molecule has 0 bridgehead atoms. The van der Waals surface area contributed by atoms with E-state index >= 15 is 0 Å². The fraction of sp³-hybridized carbons (Fsp3) is 0.611. The van der Waals surface area contributed by atoms with E-state index in [9.17, 15) is 14.0 Å². The quantitative estimate of drug-likeness (QED) is 0.892. The Morgan fingerprint density at radius 2 is 2.24 bits per heavy atom. The van der Waals surface area contributed by atoms with Crippen LogP contribution in [0.4, 0.5) is 4.39 Å². The fourth-order valence-corrected chi connectivity index (χ4v) is 4.12. The van der Waals surface area contributed by atoms with Gasteiger partial charge in [-0.3, -0.25) is 9.59 Å². The maximum Gasteiger partial charge on any atom is 0.260 e. The van der Waals surface area contributed by atoms with Crippen LogP contribution in [0.2, 0.25) is 0 Å². The minimum atomic E-state index is -1.71. The van der Waals surface area contributed by atoms with Crippen LogP contribution in [0.3, 0.4) is 0 Å². The molecule has 0 radical (unpaired) electrons. The van der Waals surface area contributed by atoms with Gasteiger partial charge in [0, 0.05) is 37.8 Å². The highest BCUT2D eigenvalue weighted by Gasteiger charge is 2.57. The topological polar surface area (TPSA) is 71.5 Å². The maximum absolute atomic E-state index is 14.5. The number of rotatable bonds is 4. The third kappa shape index (κ3) is 2.65. The highest BCUT2D eigenvalue weighted by molar-refractivity contribution is 5.90. The standard InChI is InChI=1S/C18H22FN3O3/c19-18(5-3-6-18)16(24)22-9-7-17(12-22)13(10-21-15(17)23)11-25-14-4-1-2-8-20-14/h1-2,4,8,13H,3,5-7,9-12H2,(H,21,23)/t13-,17+/m0/s1. The van der Waals surface area contributed by atoms with Crippen LogP contribution in [0.5, 0.6) is 5.88 Å².